The van der Waals surface area contributed by atoms with Crippen molar-refractivity contribution in [2.24, 2.45) is 0 Å². The Hall–Kier alpha value is -2.82. The van der Waals surface area contributed by atoms with Crippen LogP contribution in [0.3, 0.4) is 0 Å². The van der Waals surface area contributed by atoms with Gasteiger partial charge in [-0.3, -0.25) is 4.79 Å². The zero-order chi connectivity index (χ0) is 20.9. The number of ether oxygens (including phenoxy) is 1. The number of hydrogen-bond acceptors (Lipinski definition) is 5. The van der Waals surface area contributed by atoms with Gasteiger partial charge < -0.3 is 20.3 Å². The van der Waals surface area contributed by atoms with Crippen LogP contribution in [0.2, 0.25) is 0 Å². The van der Waals surface area contributed by atoms with Gasteiger partial charge in [-0.15, -0.1) is 0 Å². The minimum atomic E-state index is -0.878. The minimum Gasteiger partial charge on any atom is -0.436 e. The zero-order valence-electron chi connectivity index (χ0n) is 16.7. The molecule has 2 N–H and O–H groups in total. The number of benzene rings is 1. The fourth-order valence-corrected chi connectivity index (χ4v) is 3.05. The Morgan fingerprint density at radius 2 is 2.14 bits per heavy atom. The molecule has 1 fully saturated rings. The van der Waals surface area contributed by atoms with E-state index in [1.165, 1.54) is 12.1 Å². The maximum absolute atomic E-state index is 13.3. The molecule has 0 aromatic heterocycles. The molecule has 0 radical (unpaired) electrons. The van der Waals surface area contributed by atoms with Crippen LogP contribution < -0.4 is 15.5 Å². The number of nitrogens with one attached hydrogen (secondary N) is 2. The summed E-state index contributed by atoms with van der Waals surface area (Å²) in [6, 6.07) is 5.95. The average molecular weight is 390 g/mol. The molecule has 0 aliphatic carbocycles. The second-order valence-corrected chi connectivity index (χ2v) is 7.89. The van der Waals surface area contributed by atoms with E-state index in [0.29, 0.717) is 31.6 Å². The summed E-state index contributed by atoms with van der Waals surface area (Å²) in [6.45, 7) is 8.38. The minimum absolute atomic E-state index is 0.146. The molecule has 1 saturated heterocycles. The molecular formula is C20H27FN4O3. The number of anilines is 1. The molecule has 1 aliphatic heterocycles. The Bertz CT molecular complexity index is 770. The number of amides is 2. The number of alkyl carbamates (subject to hydrolysis) is 1. The number of carbonyl (C=O) groups is 2. The molecule has 2 rings (SSSR count). The summed E-state index contributed by atoms with van der Waals surface area (Å²) in [7, 11) is 0. The van der Waals surface area contributed by atoms with Crippen LogP contribution in [0.25, 0.3) is 0 Å². The first kappa shape index (κ1) is 21.5. The molecule has 2 amide bonds. The van der Waals surface area contributed by atoms with E-state index < -0.39 is 23.6 Å². The lowest BCUT2D eigenvalue weighted by Crippen LogP contribution is -2.47. The summed E-state index contributed by atoms with van der Waals surface area (Å²) in [5.74, 6) is -0.807. The van der Waals surface area contributed by atoms with E-state index in [-0.39, 0.29) is 17.5 Å². The van der Waals surface area contributed by atoms with E-state index in [2.05, 4.69) is 10.6 Å². The number of halogens is 1. The van der Waals surface area contributed by atoms with Crippen LogP contribution in [0, 0.1) is 17.1 Å². The second-order valence-electron chi connectivity index (χ2n) is 7.89. The predicted octanol–water partition coefficient (Wildman–Crippen LogP) is 2.70. The SMILES string of the molecule is CC[C@H](OC(=O)NC(C)(C)C)C(=O)N[C@H]1CCN(c2ccc(F)cc2C#N)C1. The molecule has 2 atom stereocenters. The number of rotatable bonds is 5. The van der Waals surface area contributed by atoms with Crippen molar-refractivity contribution in [3.05, 3.63) is 29.6 Å². The highest BCUT2D eigenvalue weighted by Crippen LogP contribution is 2.25. The summed E-state index contributed by atoms with van der Waals surface area (Å²) in [6.07, 6.45) is -0.473. The largest absolute Gasteiger partial charge is 0.436 e. The first-order valence-corrected chi connectivity index (χ1v) is 9.36. The van der Waals surface area contributed by atoms with Crippen molar-refractivity contribution in [2.45, 2.75) is 58.2 Å². The number of nitrogens with zero attached hydrogens (tertiary/aromatic N) is 2. The molecule has 8 heteroatoms. The third kappa shape index (κ3) is 5.84. The van der Waals surface area contributed by atoms with E-state index >= 15 is 0 Å². The summed E-state index contributed by atoms with van der Waals surface area (Å²) in [5.41, 5.74) is 0.458. The van der Waals surface area contributed by atoms with Crippen LogP contribution in [-0.2, 0) is 9.53 Å². The van der Waals surface area contributed by atoms with Gasteiger partial charge in [0.2, 0.25) is 0 Å². The van der Waals surface area contributed by atoms with Crippen molar-refractivity contribution >= 4 is 17.7 Å². The van der Waals surface area contributed by atoms with Gasteiger partial charge in [0.15, 0.2) is 6.10 Å². The molecule has 1 aromatic carbocycles. The smallest absolute Gasteiger partial charge is 0.408 e. The molecule has 0 spiro atoms. The van der Waals surface area contributed by atoms with Crippen LogP contribution >= 0.6 is 0 Å². The van der Waals surface area contributed by atoms with E-state index in [9.17, 15) is 19.2 Å². The lowest BCUT2D eigenvalue weighted by atomic mass is 10.1. The van der Waals surface area contributed by atoms with Gasteiger partial charge in [0.05, 0.1) is 11.3 Å². The van der Waals surface area contributed by atoms with Gasteiger partial charge in [-0.05, 0) is 51.8 Å². The molecule has 0 bridgehead atoms. The van der Waals surface area contributed by atoms with Gasteiger partial charge in [0.25, 0.3) is 5.91 Å². The topological polar surface area (TPSA) is 94.5 Å². The Morgan fingerprint density at radius 3 is 2.75 bits per heavy atom. The van der Waals surface area contributed by atoms with Gasteiger partial charge >= 0.3 is 6.09 Å². The van der Waals surface area contributed by atoms with E-state index in [1.54, 1.807) is 13.0 Å². The molecule has 1 aliphatic rings. The van der Waals surface area contributed by atoms with Gasteiger partial charge in [-0.25, -0.2) is 9.18 Å². The lowest BCUT2D eigenvalue weighted by molar-refractivity contribution is -0.130. The zero-order valence-corrected chi connectivity index (χ0v) is 16.7. The highest BCUT2D eigenvalue weighted by atomic mass is 19.1. The van der Waals surface area contributed by atoms with Crippen molar-refractivity contribution in [2.75, 3.05) is 18.0 Å². The fraction of sp³-hybridized carbons (Fsp3) is 0.550. The van der Waals surface area contributed by atoms with Crippen LogP contribution in [0.4, 0.5) is 14.9 Å². The van der Waals surface area contributed by atoms with E-state index in [0.717, 1.165) is 0 Å². The lowest BCUT2D eigenvalue weighted by Gasteiger charge is -2.24. The Kier molecular flexibility index (Phi) is 6.84. The molecule has 7 nitrogen and oxygen atoms in total. The van der Waals surface area contributed by atoms with Crippen molar-refractivity contribution in [3.8, 4) is 6.07 Å². The van der Waals surface area contributed by atoms with Gasteiger partial charge in [-0.2, -0.15) is 5.26 Å². The molecule has 0 saturated carbocycles. The van der Waals surface area contributed by atoms with Crippen LogP contribution in [0.15, 0.2) is 18.2 Å². The van der Waals surface area contributed by atoms with E-state index in [4.69, 9.17) is 4.74 Å². The average Bonchev–Trinajstić information content (AvgIpc) is 3.05. The standard InChI is InChI=1S/C20H27FN4O3/c1-5-17(28-19(27)24-20(2,3)4)18(26)23-15-8-9-25(12-15)16-7-6-14(21)10-13(16)11-22/h6-7,10,15,17H,5,8-9,12H2,1-4H3,(H,23,26)(H,24,27)/t15-,17-/m0/s1. The molecule has 0 unspecified atom stereocenters. The van der Waals surface area contributed by atoms with Gasteiger partial charge in [0.1, 0.15) is 11.9 Å². The molecule has 152 valence electrons. The summed E-state index contributed by atoms with van der Waals surface area (Å²) < 4.78 is 18.6. The Morgan fingerprint density at radius 1 is 1.43 bits per heavy atom. The summed E-state index contributed by atoms with van der Waals surface area (Å²) in [4.78, 5) is 26.4. The van der Waals surface area contributed by atoms with Crippen LogP contribution in [0.1, 0.15) is 46.1 Å². The van der Waals surface area contributed by atoms with E-state index in [1.807, 2.05) is 31.7 Å². The highest BCUT2D eigenvalue weighted by molar-refractivity contribution is 5.83. The van der Waals surface area contributed by atoms with Gasteiger partial charge in [0, 0.05) is 24.7 Å². The third-order valence-electron chi connectivity index (χ3n) is 4.34. The van der Waals surface area contributed by atoms with Crippen molar-refractivity contribution in [3.63, 3.8) is 0 Å². The van der Waals surface area contributed by atoms with Crippen LogP contribution in [-0.4, -0.2) is 42.8 Å². The normalized spacial score (nSPS) is 17.6. The van der Waals surface area contributed by atoms with Gasteiger partial charge in [-0.1, -0.05) is 6.92 Å². The first-order valence-electron chi connectivity index (χ1n) is 9.36. The van der Waals surface area contributed by atoms with Crippen molar-refractivity contribution in [1.82, 2.24) is 10.6 Å². The molecular weight excluding hydrogens is 363 g/mol. The monoisotopic (exact) mass is 390 g/mol. The number of carbonyl (C=O) groups excluding carboxylic acids is 2. The van der Waals surface area contributed by atoms with Crippen molar-refractivity contribution < 1.29 is 18.7 Å². The fourth-order valence-electron chi connectivity index (χ4n) is 3.05. The number of nitriles is 1. The maximum atomic E-state index is 13.3. The quantitative estimate of drug-likeness (QED) is 0.806. The Balaban J connectivity index is 1.94. The third-order valence-corrected chi connectivity index (χ3v) is 4.34. The molecule has 28 heavy (non-hydrogen) atoms. The first-order chi connectivity index (χ1) is 13.1. The summed E-state index contributed by atoms with van der Waals surface area (Å²) in [5, 5.41) is 14.8. The van der Waals surface area contributed by atoms with Crippen molar-refractivity contribution in [1.29, 1.82) is 5.26 Å². The molecule has 1 heterocycles. The molecule has 1 aromatic rings. The predicted molar refractivity (Wildman–Crippen MR) is 103 cm³/mol. The highest BCUT2D eigenvalue weighted by Gasteiger charge is 2.29. The maximum Gasteiger partial charge on any atom is 0.408 e. The number of hydrogen-bond donors (Lipinski definition) is 2. The second kappa shape index (κ2) is 8.91. The Labute approximate surface area is 164 Å². The van der Waals surface area contributed by atoms with Crippen LogP contribution in [0.5, 0.6) is 0 Å². The summed E-state index contributed by atoms with van der Waals surface area (Å²) >= 11 is 0.